The van der Waals surface area contributed by atoms with E-state index in [-0.39, 0.29) is 36.4 Å². The van der Waals surface area contributed by atoms with Gasteiger partial charge in [0, 0.05) is 26.7 Å². The number of fused-ring (bicyclic) bond motifs is 1. The number of piperidine rings is 1. The van der Waals surface area contributed by atoms with Crippen LogP contribution in [-0.4, -0.2) is 55.2 Å². The van der Waals surface area contributed by atoms with Gasteiger partial charge in [0.15, 0.2) is 11.2 Å². The molecule has 3 rings (SSSR count). The van der Waals surface area contributed by atoms with E-state index in [1.807, 2.05) is 4.90 Å². The molecule has 0 aliphatic carbocycles. The number of rotatable bonds is 5. The highest BCUT2D eigenvalue weighted by atomic mass is 35.5. The topological polar surface area (TPSA) is 94.2 Å². The second-order valence-corrected chi connectivity index (χ2v) is 6.82. The number of hydrogen-bond donors (Lipinski definition) is 1. The number of nitrogens with one attached hydrogen (secondary N) is 1. The molecule has 10 heteroatoms. The Morgan fingerprint density at radius 3 is 2.56 bits per heavy atom. The minimum Gasteiger partial charge on any atom is -0.338 e. The summed E-state index contributed by atoms with van der Waals surface area (Å²) < 4.78 is 3.93. The van der Waals surface area contributed by atoms with Gasteiger partial charge in [0.05, 0.1) is 6.33 Å². The minimum atomic E-state index is -0.433. The van der Waals surface area contributed by atoms with Crippen molar-refractivity contribution in [2.24, 2.45) is 14.1 Å². The van der Waals surface area contributed by atoms with E-state index < -0.39 is 11.2 Å². The Bertz CT molecular complexity index is 925. The maximum atomic E-state index is 13.0. The van der Waals surface area contributed by atoms with Crippen molar-refractivity contribution in [2.75, 3.05) is 19.6 Å². The van der Waals surface area contributed by atoms with E-state index in [0.717, 1.165) is 36.9 Å². The van der Waals surface area contributed by atoms with Gasteiger partial charge in [0.25, 0.3) is 5.56 Å². The Labute approximate surface area is 163 Å². The molecule has 27 heavy (non-hydrogen) atoms. The van der Waals surface area contributed by atoms with Gasteiger partial charge in [0.2, 0.25) is 5.91 Å². The molecule has 1 aliphatic rings. The van der Waals surface area contributed by atoms with E-state index in [9.17, 15) is 14.4 Å². The predicted octanol–water partition coefficient (Wildman–Crippen LogP) is -0.154. The number of carbonyl (C=O) groups is 1. The van der Waals surface area contributed by atoms with Crippen LogP contribution in [0.5, 0.6) is 0 Å². The van der Waals surface area contributed by atoms with Gasteiger partial charge >= 0.3 is 5.69 Å². The summed E-state index contributed by atoms with van der Waals surface area (Å²) in [7, 11) is 3.00. The van der Waals surface area contributed by atoms with Crippen LogP contribution in [0.4, 0.5) is 0 Å². The molecule has 1 aliphatic heterocycles. The summed E-state index contributed by atoms with van der Waals surface area (Å²) in [5, 5.41) is 3.32. The van der Waals surface area contributed by atoms with Crippen molar-refractivity contribution in [3.63, 3.8) is 0 Å². The third-order valence-electron chi connectivity index (χ3n) is 5.06. The zero-order valence-electron chi connectivity index (χ0n) is 16.0. The van der Waals surface area contributed by atoms with Crippen molar-refractivity contribution in [1.29, 1.82) is 0 Å². The normalized spacial score (nSPS) is 14.9. The van der Waals surface area contributed by atoms with E-state index in [4.69, 9.17) is 0 Å². The lowest BCUT2D eigenvalue weighted by Crippen LogP contribution is -2.47. The van der Waals surface area contributed by atoms with Crippen molar-refractivity contribution in [3.05, 3.63) is 27.2 Å². The van der Waals surface area contributed by atoms with Crippen molar-refractivity contribution in [2.45, 2.75) is 38.8 Å². The van der Waals surface area contributed by atoms with Gasteiger partial charge in [-0.1, -0.05) is 6.92 Å². The summed E-state index contributed by atoms with van der Waals surface area (Å²) in [5.41, 5.74) is -0.279. The maximum absolute atomic E-state index is 13.0. The van der Waals surface area contributed by atoms with E-state index in [2.05, 4.69) is 17.2 Å². The third kappa shape index (κ3) is 3.93. The van der Waals surface area contributed by atoms with Crippen LogP contribution >= 0.6 is 12.4 Å². The predicted molar refractivity (Wildman–Crippen MR) is 105 cm³/mol. The van der Waals surface area contributed by atoms with Gasteiger partial charge in [0.1, 0.15) is 6.54 Å². The Morgan fingerprint density at radius 1 is 1.26 bits per heavy atom. The van der Waals surface area contributed by atoms with Crippen LogP contribution in [0.3, 0.4) is 0 Å². The van der Waals surface area contributed by atoms with Gasteiger partial charge in [-0.25, -0.2) is 9.78 Å². The van der Waals surface area contributed by atoms with E-state index in [0.29, 0.717) is 12.2 Å². The zero-order valence-corrected chi connectivity index (χ0v) is 16.8. The molecule has 0 radical (unpaired) electrons. The molecule has 1 amide bonds. The molecule has 3 heterocycles. The van der Waals surface area contributed by atoms with Crippen LogP contribution in [0, 0.1) is 0 Å². The Kier molecular flexibility index (Phi) is 6.83. The third-order valence-corrected chi connectivity index (χ3v) is 5.06. The first kappa shape index (κ1) is 21.2. The van der Waals surface area contributed by atoms with E-state index >= 15 is 0 Å². The molecule has 0 bridgehead atoms. The molecular formula is C17H27ClN6O3. The summed E-state index contributed by atoms with van der Waals surface area (Å²) in [6, 6.07) is 0.227. The van der Waals surface area contributed by atoms with Crippen LogP contribution < -0.4 is 16.6 Å². The lowest BCUT2D eigenvalue weighted by molar-refractivity contribution is -0.134. The molecule has 0 spiro atoms. The highest BCUT2D eigenvalue weighted by Crippen LogP contribution is 2.14. The summed E-state index contributed by atoms with van der Waals surface area (Å²) in [4.78, 5) is 43.6. The number of halogens is 1. The highest BCUT2D eigenvalue weighted by Gasteiger charge is 2.25. The molecule has 1 fully saturated rings. The van der Waals surface area contributed by atoms with Gasteiger partial charge in [-0.3, -0.25) is 18.7 Å². The minimum absolute atomic E-state index is 0. The van der Waals surface area contributed by atoms with E-state index in [1.165, 1.54) is 17.9 Å². The fourth-order valence-electron chi connectivity index (χ4n) is 3.62. The molecule has 0 saturated carbocycles. The molecule has 9 nitrogen and oxygen atoms in total. The summed E-state index contributed by atoms with van der Waals surface area (Å²) in [6.07, 6.45) is 4.23. The number of nitrogens with zero attached hydrogens (tertiary/aromatic N) is 5. The van der Waals surface area contributed by atoms with Crippen LogP contribution in [0.25, 0.3) is 11.2 Å². The average molecular weight is 399 g/mol. The number of carbonyl (C=O) groups excluding carboxylic acids is 1. The van der Waals surface area contributed by atoms with Crippen molar-refractivity contribution < 1.29 is 4.79 Å². The fraction of sp³-hybridized carbons (Fsp3) is 0.647. The smallest absolute Gasteiger partial charge is 0.332 e. The summed E-state index contributed by atoms with van der Waals surface area (Å²) in [6.45, 7) is 4.63. The van der Waals surface area contributed by atoms with Crippen LogP contribution in [-0.2, 0) is 25.4 Å². The van der Waals surface area contributed by atoms with Gasteiger partial charge < -0.3 is 14.8 Å². The first-order valence-electron chi connectivity index (χ1n) is 9.06. The molecule has 1 saturated heterocycles. The van der Waals surface area contributed by atoms with Gasteiger partial charge in [-0.05, 0) is 32.4 Å². The number of amides is 1. The molecule has 2 aromatic rings. The number of aromatic nitrogens is 4. The highest BCUT2D eigenvalue weighted by molar-refractivity contribution is 5.85. The molecule has 150 valence electrons. The van der Waals surface area contributed by atoms with Crippen molar-refractivity contribution in [1.82, 2.24) is 28.9 Å². The molecule has 0 atom stereocenters. The number of aryl methyl sites for hydroxylation is 1. The first-order valence-corrected chi connectivity index (χ1v) is 9.06. The van der Waals surface area contributed by atoms with Gasteiger partial charge in [-0.15, -0.1) is 12.4 Å². The Morgan fingerprint density at radius 2 is 1.93 bits per heavy atom. The standard InChI is InChI=1S/C17H26N6O3.ClH/c1-4-9-23(12-5-7-18-8-6-12)13(24)10-22-11-19-15-14(22)16(25)21(3)17(26)20(15)2;/h11-12,18H,4-10H2,1-3H3;1H. The second kappa shape index (κ2) is 8.71. The average Bonchev–Trinajstić information content (AvgIpc) is 3.07. The molecular weight excluding hydrogens is 372 g/mol. The number of hydrogen-bond acceptors (Lipinski definition) is 5. The van der Waals surface area contributed by atoms with E-state index in [1.54, 1.807) is 11.6 Å². The van der Waals surface area contributed by atoms with Crippen molar-refractivity contribution in [3.8, 4) is 0 Å². The monoisotopic (exact) mass is 398 g/mol. The fourth-order valence-corrected chi connectivity index (χ4v) is 3.62. The maximum Gasteiger partial charge on any atom is 0.332 e. The van der Waals surface area contributed by atoms with Crippen LogP contribution in [0.15, 0.2) is 15.9 Å². The molecule has 0 aromatic carbocycles. The molecule has 2 aromatic heterocycles. The zero-order chi connectivity index (χ0) is 18.8. The Hall–Kier alpha value is -2.13. The van der Waals surface area contributed by atoms with Crippen LogP contribution in [0.1, 0.15) is 26.2 Å². The first-order chi connectivity index (χ1) is 12.5. The Balaban J connectivity index is 0.00000261. The summed E-state index contributed by atoms with van der Waals surface area (Å²) >= 11 is 0. The lowest BCUT2D eigenvalue weighted by Gasteiger charge is -2.34. The number of imidazole rings is 1. The quantitative estimate of drug-likeness (QED) is 0.755. The van der Waals surface area contributed by atoms with Gasteiger partial charge in [-0.2, -0.15) is 0 Å². The summed E-state index contributed by atoms with van der Waals surface area (Å²) in [5.74, 6) is -0.0195. The largest absolute Gasteiger partial charge is 0.338 e. The molecule has 1 N–H and O–H groups in total. The van der Waals surface area contributed by atoms with Crippen LogP contribution in [0.2, 0.25) is 0 Å². The SMILES string of the molecule is CCCN(C(=O)Cn1cnc2c1c(=O)n(C)c(=O)n2C)C1CCNCC1.Cl. The van der Waals surface area contributed by atoms with Crippen molar-refractivity contribution >= 4 is 29.5 Å². The second-order valence-electron chi connectivity index (χ2n) is 6.82. The lowest BCUT2D eigenvalue weighted by atomic mass is 10.0. The molecule has 0 unspecified atom stereocenters.